The lowest BCUT2D eigenvalue weighted by atomic mass is 9.95. The van der Waals surface area contributed by atoms with Crippen molar-refractivity contribution in [1.29, 1.82) is 0 Å². The van der Waals surface area contributed by atoms with Gasteiger partial charge in [-0.25, -0.2) is 4.57 Å². The smallest absolute Gasteiger partial charge is 0.404 e. The highest BCUT2D eigenvalue weighted by Gasteiger charge is 2.34. The Hall–Kier alpha value is -4.63. The van der Waals surface area contributed by atoms with Crippen LogP contribution in [0.5, 0.6) is 5.75 Å². The maximum Gasteiger partial charge on any atom is 0.524 e. The number of anilines is 3. The number of hydrogen-bond acceptors (Lipinski definition) is 5. The Balaban J connectivity index is 1.32. The Bertz CT molecular complexity index is 1860. The third-order valence-electron chi connectivity index (χ3n) is 7.01. The SMILES string of the molecule is C[C@@H]1CN(C(=O)c2cc3cc(NC(=O)c4ccc(N)cc4)ccc3[nH]2)c2cc(OP(=O)(O)O)c3ccccc3c21. The summed E-state index contributed by atoms with van der Waals surface area (Å²) in [6.07, 6.45) is 0. The fourth-order valence-corrected chi connectivity index (χ4v) is 5.67. The summed E-state index contributed by atoms with van der Waals surface area (Å²) < 4.78 is 16.7. The second-order valence-electron chi connectivity index (χ2n) is 9.81. The quantitative estimate of drug-likeness (QED) is 0.143. The molecule has 1 aromatic heterocycles. The summed E-state index contributed by atoms with van der Waals surface area (Å²) in [6.45, 7) is 2.39. The van der Waals surface area contributed by atoms with Gasteiger partial charge in [0, 0.05) is 51.8 Å². The fraction of sp³-hybridized carbons (Fsp3) is 0.103. The van der Waals surface area contributed by atoms with Crippen LogP contribution in [-0.4, -0.2) is 33.1 Å². The number of nitrogens with two attached hydrogens (primary N) is 1. The van der Waals surface area contributed by atoms with Crippen LogP contribution in [0.4, 0.5) is 17.1 Å². The number of nitrogens with one attached hydrogen (secondary N) is 2. The van der Waals surface area contributed by atoms with E-state index in [-0.39, 0.29) is 23.5 Å². The predicted molar refractivity (Wildman–Crippen MR) is 154 cm³/mol. The van der Waals surface area contributed by atoms with E-state index in [0.29, 0.717) is 45.8 Å². The van der Waals surface area contributed by atoms with E-state index in [1.807, 2.05) is 19.1 Å². The molecule has 11 heteroatoms. The van der Waals surface area contributed by atoms with Crippen molar-refractivity contribution in [3.05, 3.63) is 95.7 Å². The maximum absolute atomic E-state index is 13.8. The third-order valence-corrected chi connectivity index (χ3v) is 7.45. The molecule has 6 rings (SSSR count). The number of benzene rings is 4. The maximum atomic E-state index is 13.8. The van der Waals surface area contributed by atoms with E-state index in [2.05, 4.69) is 10.3 Å². The molecule has 2 heterocycles. The largest absolute Gasteiger partial charge is 0.524 e. The number of phosphoric acid groups is 1. The molecule has 40 heavy (non-hydrogen) atoms. The third kappa shape index (κ3) is 4.69. The molecular formula is C29H25N4O6P. The molecule has 2 amide bonds. The minimum Gasteiger partial charge on any atom is -0.404 e. The van der Waals surface area contributed by atoms with Gasteiger partial charge in [0.1, 0.15) is 11.4 Å². The van der Waals surface area contributed by atoms with Crippen LogP contribution < -0.4 is 20.5 Å². The standard InChI is InChI=1S/C29H25N4O6P/c1-16-15-33(25-14-26(39-40(36,37)38)21-4-2-3-5-22(21)27(16)25)29(35)24-13-18-12-20(10-11-23(18)32-24)31-28(34)17-6-8-19(30)9-7-17/h2-14,16,32H,15,30H2,1H3,(H,31,34)(H2,36,37,38)/t16-/m1/s1. The summed E-state index contributed by atoms with van der Waals surface area (Å²) in [7, 11) is -4.84. The number of rotatable bonds is 5. The van der Waals surface area contributed by atoms with Gasteiger partial charge < -0.3 is 25.5 Å². The van der Waals surface area contributed by atoms with E-state index >= 15 is 0 Å². The molecule has 5 aromatic rings. The summed E-state index contributed by atoms with van der Waals surface area (Å²) in [5.74, 6) is -0.596. The molecule has 1 aliphatic heterocycles. The Morgan fingerprint density at radius 3 is 2.48 bits per heavy atom. The summed E-state index contributed by atoms with van der Waals surface area (Å²) in [5, 5.41) is 4.92. The van der Waals surface area contributed by atoms with Crippen LogP contribution in [0.1, 0.15) is 39.3 Å². The average molecular weight is 557 g/mol. The Morgan fingerprint density at radius 2 is 1.75 bits per heavy atom. The lowest BCUT2D eigenvalue weighted by molar-refractivity contribution is 0.0983. The molecule has 0 aliphatic carbocycles. The van der Waals surface area contributed by atoms with Gasteiger partial charge in [0.05, 0.1) is 5.69 Å². The highest BCUT2D eigenvalue weighted by atomic mass is 31.2. The van der Waals surface area contributed by atoms with Crippen LogP contribution in [-0.2, 0) is 4.57 Å². The Morgan fingerprint density at radius 1 is 1.02 bits per heavy atom. The number of carbonyl (C=O) groups is 2. The zero-order valence-corrected chi connectivity index (χ0v) is 22.2. The second kappa shape index (κ2) is 9.53. The van der Waals surface area contributed by atoms with Gasteiger partial charge in [0.2, 0.25) is 0 Å². The first-order chi connectivity index (χ1) is 19.1. The van der Waals surface area contributed by atoms with Crippen molar-refractivity contribution in [3.8, 4) is 5.75 Å². The molecule has 0 unspecified atom stereocenters. The highest BCUT2D eigenvalue weighted by molar-refractivity contribution is 7.46. The van der Waals surface area contributed by atoms with Gasteiger partial charge in [0.25, 0.3) is 11.8 Å². The minimum absolute atomic E-state index is 0.00714. The molecular weight excluding hydrogens is 531 g/mol. The minimum atomic E-state index is -4.84. The van der Waals surface area contributed by atoms with Crippen LogP contribution in [0.2, 0.25) is 0 Å². The molecule has 0 radical (unpaired) electrons. The molecule has 0 bridgehead atoms. The molecule has 1 atom stereocenters. The molecule has 0 saturated carbocycles. The van der Waals surface area contributed by atoms with Crippen molar-refractivity contribution >= 4 is 58.4 Å². The monoisotopic (exact) mass is 556 g/mol. The van der Waals surface area contributed by atoms with E-state index in [4.69, 9.17) is 10.3 Å². The molecule has 4 aromatic carbocycles. The molecule has 0 fully saturated rings. The van der Waals surface area contributed by atoms with Crippen LogP contribution in [0.25, 0.3) is 21.7 Å². The number of nitrogen functional groups attached to an aromatic ring is 1. The number of phosphoric ester groups is 1. The zero-order valence-electron chi connectivity index (χ0n) is 21.3. The molecule has 1 aliphatic rings. The van der Waals surface area contributed by atoms with Crippen molar-refractivity contribution < 1.29 is 28.5 Å². The zero-order chi connectivity index (χ0) is 28.2. The molecule has 202 valence electrons. The lowest BCUT2D eigenvalue weighted by Crippen LogP contribution is -2.29. The summed E-state index contributed by atoms with van der Waals surface area (Å²) >= 11 is 0. The first kappa shape index (κ1) is 25.6. The van der Waals surface area contributed by atoms with Crippen molar-refractivity contribution in [2.45, 2.75) is 12.8 Å². The molecule has 0 saturated heterocycles. The van der Waals surface area contributed by atoms with E-state index < -0.39 is 7.82 Å². The average Bonchev–Trinajstić information content (AvgIpc) is 3.48. The van der Waals surface area contributed by atoms with Gasteiger partial charge in [-0.3, -0.25) is 19.4 Å². The number of aromatic nitrogens is 1. The molecule has 10 nitrogen and oxygen atoms in total. The van der Waals surface area contributed by atoms with Crippen LogP contribution >= 0.6 is 7.82 Å². The topological polar surface area (TPSA) is 158 Å². The number of nitrogens with zero attached hydrogens (tertiary/aromatic N) is 1. The van der Waals surface area contributed by atoms with Crippen molar-refractivity contribution in [2.75, 3.05) is 22.5 Å². The van der Waals surface area contributed by atoms with E-state index in [0.717, 1.165) is 16.3 Å². The van der Waals surface area contributed by atoms with Gasteiger partial charge in [0.15, 0.2) is 0 Å². The Labute approximate surface area is 228 Å². The van der Waals surface area contributed by atoms with Gasteiger partial charge in [-0.05, 0) is 59.5 Å². The molecule has 6 N–H and O–H groups in total. The Kier molecular flexibility index (Phi) is 6.11. The number of carbonyl (C=O) groups excluding carboxylic acids is 2. The second-order valence-corrected chi connectivity index (χ2v) is 11.0. The van der Waals surface area contributed by atoms with Gasteiger partial charge >= 0.3 is 7.82 Å². The van der Waals surface area contributed by atoms with Gasteiger partial charge in [-0.15, -0.1) is 0 Å². The van der Waals surface area contributed by atoms with Crippen LogP contribution in [0.3, 0.4) is 0 Å². The number of fused-ring (bicyclic) bond motifs is 4. The first-order valence-electron chi connectivity index (χ1n) is 12.5. The number of H-pyrrole nitrogens is 1. The van der Waals surface area contributed by atoms with E-state index in [1.54, 1.807) is 65.6 Å². The predicted octanol–water partition coefficient (Wildman–Crippen LogP) is 5.39. The van der Waals surface area contributed by atoms with Gasteiger partial charge in [-0.1, -0.05) is 31.2 Å². The van der Waals surface area contributed by atoms with Gasteiger partial charge in [-0.2, -0.15) is 0 Å². The van der Waals surface area contributed by atoms with E-state index in [9.17, 15) is 23.9 Å². The fourth-order valence-electron chi connectivity index (χ4n) is 5.26. The van der Waals surface area contributed by atoms with Crippen LogP contribution in [0, 0.1) is 0 Å². The van der Waals surface area contributed by atoms with Crippen molar-refractivity contribution in [3.63, 3.8) is 0 Å². The molecule has 0 spiro atoms. The number of aromatic amines is 1. The number of hydrogen-bond donors (Lipinski definition) is 5. The summed E-state index contributed by atoms with van der Waals surface area (Å²) in [4.78, 5) is 50.1. The highest BCUT2D eigenvalue weighted by Crippen LogP contribution is 2.49. The normalized spacial score (nSPS) is 14.9. The van der Waals surface area contributed by atoms with Crippen LogP contribution in [0.15, 0.2) is 78.9 Å². The van der Waals surface area contributed by atoms with E-state index in [1.165, 1.54) is 6.07 Å². The summed E-state index contributed by atoms with van der Waals surface area (Å²) in [5.41, 5.74) is 9.80. The van der Waals surface area contributed by atoms with Crippen molar-refractivity contribution in [1.82, 2.24) is 4.98 Å². The first-order valence-corrected chi connectivity index (χ1v) is 14.0. The lowest BCUT2D eigenvalue weighted by Gasteiger charge is -2.19. The summed E-state index contributed by atoms with van der Waals surface area (Å²) in [6, 6.07) is 22.3. The number of amides is 2. The van der Waals surface area contributed by atoms with Crippen molar-refractivity contribution in [2.24, 2.45) is 0 Å².